The van der Waals surface area contributed by atoms with Crippen LogP contribution < -0.4 is 5.32 Å². The molecule has 21 heavy (non-hydrogen) atoms. The molecule has 0 radical (unpaired) electrons. The first-order valence-corrected chi connectivity index (χ1v) is 7.73. The Hall–Kier alpha value is -1.43. The van der Waals surface area contributed by atoms with E-state index in [0.717, 1.165) is 19.3 Å². The van der Waals surface area contributed by atoms with Crippen LogP contribution in [0.5, 0.6) is 0 Å². The second-order valence-electron chi connectivity index (χ2n) is 6.66. The van der Waals surface area contributed by atoms with E-state index >= 15 is 0 Å². The zero-order valence-corrected chi connectivity index (χ0v) is 12.6. The van der Waals surface area contributed by atoms with Crippen molar-refractivity contribution in [3.8, 4) is 0 Å². The third-order valence-electron chi connectivity index (χ3n) is 5.54. The molecule has 1 spiro atoms. The van der Waals surface area contributed by atoms with Crippen LogP contribution in [0.15, 0.2) is 0 Å². The highest BCUT2D eigenvalue weighted by Gasteiger charge is 2.59. The van der Waals surface area contributed by atoms with E-state index in [1.165, 1.54) is 4.90 Å². The van der Waals surface area contributed by atoms with Crippen molar-refractivity contribution in [2.24, 2.45) is 5.41 Å². The summed E-state index contributed by atoms with van der Waals surface area (Å²) in [5.41, 5.74) is -1.72. The molecule has 1 saturated carbocycles. The van der Waals surface area contributed by atoms with Crippen LogP contribution in [-0.2, 0) is 14.3 Å². The highest BCUT2D eigenvalue weighted by Crippen LogP contribution is 2.44. The zero-order chi connectivity index (χ0) is 15.3. The second-order valence-corrected chi connectivity index (χ2v) is 6.66. The maximum atomic E-state index is 13.0. The molecular formula is C15H22N2O4. The van der Waals surface area contributed by atoms with Crippen LogP contribution in [0.1, 0.15) is 52.4 Å². The van der Waals surface area contributed by atoms with Gasteiger partial charge in [-0.05, 0) is 33.1 Å². The Labute approximate surface area is 124 Å². The van der Waals surface area contributed by atoms with Gasteiger partial charge in [-0.15, -0.1) is 0 Å². The predicted molar refractivity (Wildman–Crippen MR) is 74.3 cm³/mol. The fourth-order valence-corrected chi connectivity index (χ4v) is 3.85. The maximum Gasteiger partial charge on any atom is 0.331 e. The fraction of sp³-hybridized carbons (Fsp3) is 0.800. The van der Waals surface area contributed by atoms with Gasteiger partial charge in [0.1, 0.15) is 5.41 Å². The number of hydrogen-bond donors (Lipinski definition) is 1. The lowest BCUT2D eigenvalue weighted by Crippen LogP contribution is -2.70. The first-order chi connectivity index (χ1) is 9.92. The molecule has 3 rings (SSSR count). The molecule has 2 saturated heterocycles. The molecule has 2 unspecified atom stereocenters. The van der Waals surface area contributed by atoms with Crippen molar-refractivity contribution in [3.05, 3.63) is 0 Å². The summed E-state index contributed by atoms with van der Waals surface area (Å²) < 4.78 is 5.56. The monoisotopic (exact) mass is 294 g/mol. The van der Waals surface area contributed by atoms with Crippen molar-refractivity contribution in [2.75, 3.05) is 6.61 Å². The van der Waals surface area contributed by atoms with Gasteiger partial charge in [-0.25, -0.2) is 4.79 Å². The summed E-state index contributed by atoms with van der Waals surface area (Å²) in [6.07, 6.45) is 4.19. The van der Waals surface area contributed by atoms with Crippen molar-refractivity contribution in [2.45, 2.75) is 64.0 Å². The Kier molecular flexibility index (Phi) is 3.31. The third kappa shape index (κ3) is 1.92. The minimum atomic E-state index is -1.04. The van der Waals surface area contributed by atoms with E-state index < -0.39 is 22.9 Å². The highest BCUT2D eigenvalue weighted by molar-refractivity contribution is 6.19. The smallest absolute Gasteiger partial charge is 0.331 e. The number of rotatable bonds is 1. The molecule has 4 amide bonds. The molecule has 1 aliphatic carbocycles. The van der Waals surface area contributed by atoms with Gasteiger partial charge < -0.3 is 4.74 Å². The van der Waals surface area contributed by atoms with Crippen LogP contribution >= 0.6 is 0 Å². The maximum absolute atomic E-state index is 13.0. The van der Waals surface area contributed by atoms with Crippen molar-refractivity contribution < 1.29 is 19.1 Å². The topological polar surface area (TPSA) is 75.7 Å². The van der Waals surface area contributed by atoms with Gasteiger partial charge in [-0.1, -0.05) is 19.3 Å². The third-order valence-corrected chi connectivity index (χ3v) is 5.54. The standard InChI is InChI=1S/C15H22N2O4/c1-10-14(2,8-9-21-10)17-12(19)15(6-4-3-5-7-15)11(18)16-13(17)20/h10H,3-9H2,1-2H3,(H,16,18,20). The average molecular weight is 294 g/mol. The van der Waals surface area contributed by atoms with Gasteiger partial charge in [0.05, 0.1) is 11.6 Å². The Morgan fingerprint density at radius 3 is 2.38 bits per heavy atom. The molecule has 3 fully saturated rings. The minimum absolute atomic E-state index is 0.221. The number of nitrogens with zero attached hydrogens (tertiary/aromatic N) is 1. The molecule has 2 heterocycles. The summed E-state index contributed by atoms with van der Waals surface area (Å²) in [5, 5.41) is 2.41. The van der Waals surface area contributed by atoms with Gasteiger partial charge >= 0.3 is 6.03 Å². The number of carbonyl (C=O) groups is 3. The summed E-state index contributed by atoms with van der Waals surface area (Å²) in [6.45, 7) is 4.27. The number of carbonyl (C=O) groups excluding carboxylic acids is 3. The molecule has 2 aliphatic heterocycles. The molecule has 0 bridgehead atoms. The van der Waals surface area contributed by atoms with E-state index in [9.17, 15) is 14.4 Å². The normalized spacial score (nSPS) is 36.2. The van der Waals surface area contributed by atoms with E-state index in [-0.39, 0.29) is 12.0 Å². The number of barbiturate groups is 1. The Bertz CT molecular complexity index is 498. The van der Waals surface area contributed by atoms with Gasteiger partial charge in [0.2, 0.25) is 11.8 Å². The van der Waals surface area contributed by atoms with Crippen molar-refractivity contribution >= 4 is 17.8 Å². The summed E-state index contributed by atoms with van der Waals surface area (Å²) >= 11 is 0. The van der Waals surface area contributed by atoms with Gasteiger partial charge in [-0.2, -0.15) is 0 Å². The van der Waals surface area contributed by atoms with Gasteiger partial charge in [0, 0.05) is 6.61 Å². The predicted octanol–water partition coefficient (Wildman–Crippen LogP) is 1.58. The number of ether oxygens (including phenoxy) is 1. The Morgan fingerprint density at radius 1 is 1.14 bits per heavy atom. The van der Waals surface area contributed by atoms with Crippen LogP contribution in [0.3, 0.4) is 0 Å². The van der Waals surface area contributed by atoms with Crippen LogP contribution in [0, 0.1) is 5.41 Å². The lowest BCUT2D eigenvalue weighted by Gasteiger charge is -2.47. The Balaban J connectivity index is 1.99. The van der Waals surface area contributed by atoms with E-state index in [4.69, 9.17) is 4.74 Å². The molecule has 3 aliphatic rings. The number of hydrogen-bond acceptors (Lipinski definition) is 4. The van der Waals surface area contributed by atoms with E-state index in [2.05, 4.69) is 5.32 Å². The fourth-order valence-electron chi connectivity index (χ4n) is 3.85. The van der Waals surface area contributed by atoms with Crippen LogP contribution in [0.25, 0.3) is 0 Å². The van der Waals surface area contributed by atoms with E-state index in [1.807, 2.05) is 13.8 Å². The molecule has 6 nitrogen and oxygen atoms in total. The van der Waals surface area contributed by atoms with E-state index in [0.29, 0.717) is 25.9 Å². The Morgan fingerprint density at radius 2 is 1.81 bits per heavy atom. The average Bonchev–Trinajstić information content (AvgIpc) is 2.78. The first-order valence-electron chi connectivity index (χ1n) is 7.73. The molecule has 0 aromatic rings. The number of urea groups is 1. The zero-order valence-electron chi connectivity index (χ0n) is 12.6. The van der Waals surface area contributed by atoms with Crippen LogP contribution in [-0.4, -0.2) is 41.0 Å². The lowest BCUT2D eigenvalue weighted by atomic mass is 9.70. The summed E-state index contributed by atoms with van der Waals surface area (Å²) in [7, 11) is 0. The van der Waals surface area contributed by atoms with Crippen molar-refractivity contribution in [1.82, 2.24) is 10.2 Å². The SMILES string of the molecule is CC1OCCC1(C)N1C(=O)NC(=O)C2(CCCCC2)C1=O. The molecule has 0 aromatic carbocycles. The molecular weight excluding hydrogens is 272 g/mol. The summed E-state index contributed by atoms with van der Waals surface area (Å²) in [4.78, 5) is 38.9. The van der Waals surface area contributed by atoms with Gasteiger partial charge in [0.25, 0.3) is 0 Å². The second kappa shape index (κ2) is 4.80. The lowest BCUT2D eigenvalue weighted by molar-refractivity contribution is -0.159. The van der Waals surface area contributed by atoms with Gasteiger partial charge in [-0.3, -0.25) is 19.8 Å². The largest absolute Gasteiger partial charge is 0.376 e. The highest BCUT2D eigenvalue weighted by atomic mass is 16.5. The molecule has 116 valence electrons. The number of nitrogens with one attached hydrogen (secondary N) is 1. The van der Waals surface area contributed by atoms with Gasteiger partial charge in [0.15, 0.2) is 0 Å². The molecule has 6 heteroatoms. The summed E-state index contributed by atoms with van der Waals surface area (Å²) in [6, 6.07) is -0.596. The van der Waals surface area contributed by atoms with Crippen molar-refractivity contribution in [1.29, 1.82) is 0 Å². The molecule has 0 aromatic heterocycles. The summed E-state index contributed by atoms with van der Waals surface area (Å²) in [5.74, 6) is -0.737. The minimum Gasteiger partial charge on any atom is -0.376 e. The number of amides is 4. The van der Waals surface area contributed by atoms with Crippen molar-refractivity contribution in [3.63, 3.8) is 0 Å². The van der Waals surface area contributed by atoms with E-state index in [1.54, 1.807) is 0 Å². The molecule has 1 N–H and O–H groups in total. The number of imide groups is 2. The van der Waals surface area contributed by atoms with Crippen LogP contribution in [0.4, 0.5) is 4.79 Å². The molecule has 2 atom stereocenters. The first kappa shape index (κ1) is 14.5. The van der Waals surface area contributed by atoms with Crippen LogP contribution in [0.2, 0.25) is 0 Å². The quantitative estimate of drug-likeness (QED) is 0.745.